The molecule has 0 bridgehead atoms. The molecule has 17 heteroatoms. The summed E-state index contributed by atoms with van der Waals surface area (Å²) >= 11 is 0. The number of amides is 4. The third-order valence-corrected chi connectivity index (χ3v) is 5.46. The maximum Gasteiger partial charge on any atom is 0.326 e. The zero-order valence-corrected chi connectivity index (χ0v) is 21.8. The average molecular weight is 560 g/mol. The minimum Gasteiger partial charge on any atom is -0.481 e. The highest BCUT2D eigenvalue weighted by Gasteiger charge is 2.30. The van der Waals surface area contributed by atoms with Gasteiger partial charge >= 0.3 is 11.9 Å². The predicted molar refractivity (Wildman–Crippen MR) is 140 cm³/mol. The number of carbonyl (C=O) groups is 6. The molecule has 0 aliphatic carbocycles. The Morgan fingerprint density at radius 2 is 1.23 bits per heavy atom. The average Bonchev–Trinajstić information content (AvgIpc) is 2.85. The highest BCUT2D eigenvalue weighted by atomic mass is 16.4. The van der Waals surface area contributed by atoms with Crippen LogP contribution in [0.5, 0.6) is 0 Å². The smallest absolute Gasteiger partial charge is 0.326 e. The van der Waals surface area contributed by atoms with Gasteiger partial charge in [0, 0.05) is 19.4 Å². The molecule has 4 unspecified atom stereocenters. The minimum absolute atomic E-state index is 0.0703. The van der Waals surface area contributed by atoms with E-state index in [2.05, 4.69) is 20.9 Å². The first-order valence-electron chi connectivity index (χ1n) is 12.4. The van der Waals surface area contributed by atoms with E-state index in [1.807, 2.05) is 0 Å². The van der Waals surface area contributed by atoms with E-state index in [0.29, 0.717) is 25.8 Å². The number of carboxylic acid groups (broad SMARTS) is 2. The van der Waals surface area contributed by atoms with E-state index in [-0.39, 0.29) is 44.6 Å². The van der Waals surface area contributed by atoms with Gasteiger partial charge in [-0.3, -0.25) is 29.0 Å². The standard InChI is InChI=1S/C22H41N9O8/c23-10-2-1-5-13(19(36)31-15(21(38)39)7-9-17(33)34)30-20(37)14(6-8-16(25)32)29-18(35)12(24)4-3-11-28-22(26)27/h12-15H,1-11,23-24H2,(H2,25,32)(H,29,35)(H,30,37)(H,31,36)(H,33,34)(H,38,39)(H4,26,27,28). The van der Waals surface area contributed by atoms with Crippen molar-refractivity contribution in [3.63, 3.8) is 0 Å². The number of aliphatic imine (C=N–C) groups is 1. The minimum atomic E-state index is -1.51. The molecule has 39 heavy (non-hydrogen) atoms. The summed E-state index contributed by atoms with van der Waals surface area (Å²) in [5.74, 6) is -5.94. The number of guanidine groups is 1. The number of unbranched alkanes of at least 4 members (excludes halogenated alkanes) is 1. The lowest BCUT2D eigenvalue weighted by molar-refractivity contribution is -0.143. The van der Waals surface area contributed by atoms with Crippen molar-refractivity contribution in [3.8, 4) is 0 Å². The highest BCUT2D eigenvalue weighted by Crippen LogP contribution is 2.07. The molecule has 17 nitrogen and oxygen atoms in total. The second-order valence-corrected chi connectivity index (χ2v) is 8.80. The Morgan fingerprint density at radius 1 is 0.692 bits per heavy atom. The maximum absolute atomic E-state index is 13.1. The van der Waals surface area contributed by atoms with Gasteiger partial charge in [-0.05, 0) is 51.5 Å². The van der Waals surface area contributed by atoms with Crippen LogP contribution < -0.4 is 44.6 Å². The van der Waals surface area contributed by atoms with Gasteiger partial charge in [0.2, 0.25) is 23.6 Å². The molecule has 0 aliphatic heterocycles. The first-order chi connectivity index (χ1) is 18.3. The number of primary amides is 1. The first-order valence-corrected chi connectivity index (χ1v) is 12.4. The monoisotopic (exact) mass is 559 g/mol. The van der Waals surface area contributed by atoms with Crippen molar-refractivity contribution in [2.45, 2.75) is 82.0 Å². The number of nitrogens with zero attached hydrogens (tertiary/aromatic N) is 1. The Kier molecular flexibility index (Phi) is 17.2. The second kappa shape index (κ2) is 19.1. The van der Waals surface area contributed by atoms with Gasteiger partial charge < -0.3 is 54.8 Å². The molecular weight excluding hydrogens is 518 g/mol. The third-order valence-electron chi connectivity index (χ3n) is 5.46. The van der Waals surface area contributed by atoms with Gasteiger partial charge in [-0.2, -0.15) is 0 Å². The van der Waals surface area contributed by atoms with E-state index >= 15 is 0 Å². The van der Waals surface area contributed by atoms with Gasteiger partial charge in [0.15, 0.2) is 5.96 Å². The Hall–Kier alpha value is -3.99. The summed E-state index contributed by atoms with van der Waals surface area (Å²) in [6.07, 6.45) is 0.177. The zero-order chi connectivity index (χ0) is 30.0. The number of nitrogens with one attached hydrogen (secondary N) is 3. The number of aliphatic carboxylic acids is 2. The molecule has 0 saturated carbocycles. The van der Waals surface area contributed by atoms with Gasteiger partial charge in [-0.15, -0.1) is 0 Å². The molecule has 0 aromatic rings. The predicted octanol–water partition coefficient (Wildman–Crippen LogP) is -3.83. The van der Waals surface area contributed by atoms with Crippen molar-refractivity contribution in [2.24, 2.45) is 33.7 Å². The SMILES string of the molecule is NCCCCC(NC(=O)C(CCC(N)=O)NC(=O)C(N)CCCN=C(N)N)C(=O)NC(CCC(=O)O)C(=O)O. The normalized spacial score (nSPS) is 13.7. The van der Waals surface area contributed by atoms with Crippen LogP contribution in [0.4, 0.5) is 0 Å². The first kappa shape index (κ1) is 35.0. The lowest BCUT2D eigenvalue weighted by Crippen LogP contribution is -2.57. The fourth-order valence-corrected chi connectivity index (χ4v) is 3.32. The molecule has 0 spiro atoms. The van der Waals surface area contributed by atoms with E-state index in [1.165, 1.54) is 0 Å². The van der Waals surface area contributed by atoms with E-state index in [1.54, 1.807) is 0 Å². The number of carboxylic acids is 2. The third kappa shape index (κ3) is 16.5. The molecule has 0 aliphatic rings. The van der Waals surface area contributed by atoms with Crippen LogP contribution in [0.15, 0.2) is 4.99 Å². The largest absolute Gasteiger partial charge is 0.481 e. The molecule has 0 aromatic heterocycles. The highest BCUT2D eigenvalue weighted by molar-refractivity contribution is 5.94. The summed E-state index contributed by atoms with van der Waals surface area (Å²) in [7, 11) is 0. The quantitative estimate of drug-likeness (QED) is 0.0367. The van der Waals surface area contributed by atoms with Crippen molar-refractivity contribution in [1.82, 2.24) is 16.0 Å². The maximum atomic E-state index is 13.1. The number of nitrogens with two attached hydrogens (primary N) is 5. The van der Waals surface area contributed by atoms with Crippen molar-refractivity contribution in [3.05, 3.63) is 0 Å². The molecule has 0 saturated heterocycles. The molecule has 0 fully saturated rings. The number of hydrogen-bond acceptors (Lipinski definition) is 9. The molecule has 15 N–H and O–H groups in total. The van der Waals surface area contributed by atoms with Gasteiger partial charge in [-0.1, -0.05) is 0 Å². The van der Waals surface area contributed by atoms with Crippen LogP contribution in [0.25, 0.3) is 0 Å². The van der Waals surface area contributed by atoms with Crippen LogP contribution in [-0.2, 0) is 28.8 Å². The molecular formula is C22H41N9O8. The van der Waals surface area contributed by atoms with Crippen LogP contribution in [0.2, 0.25) is 0 Å². The number of carbonyl (C=O) groups excluding carboxylic acids is 4. The van der Waals surface area contributed by atoms with E-state index in [9.17, 15) is 33.9 Å². The Morgan fingerprint density at radius 3 is 1.74 bits per heavy atom. The van der Waals surface area contributed by atoms with E-state index in [0.717, 1.165) is 0 Å². The summed E-state index contributed by atoms with van der Waals surface area (Å²) in [6.45, 7) is 0.537. The van der Waals surface area contributed by atoms with E-state index in [4.69, 9.17) is 33.8 Å². The van der Waals surface area contributed by atoms with Crippen LogP contribution in [0.3, 0.4) is 0 Å². The summed E-state index contributed by atoms with van der Waals surface area (Å²) < 4.78 is 0. The molecule has 0 aromatic carbocycles. The summed E-state index contributed by atoms with van der Waals surface area (Å²) in [5.41, 5.74) is 27.0. The van der Waals surface area contributed by atoms with Gasteiger partial charge in [0.05, 0.1) is 6.04 Å². The molecule has 0 rings (SSSR count). The topological polar surface area (TPSA) is 321 Å². The van der Waals surface area contributed by atoms with Crippen molar-refractivity contribution in [2.75, 3.05) is 13.1 Å². The molecule has 4 atom stereocenters. The summed E-state index contributed by atoms with van der Waals surface area (Å²) in [5, 5.41) is 25.3. The number of rotatable bonds is 21. The molecule has 0 heterocycles. The van der Waals surface area contributed by atoms with Crippen LogP contribution in [-0.4, -0.2) is 89.0 Å². The van der Waals surface area contributed by atoms with Gasteiger partial charge in [0.25, 0.3) is 0 Å². The molecule has 222 valence electrons. The van der Waals surface area contributed by atoms with E-state index < -0.39 is 66.2 Å². The van der Waals surface area contributed by atoms with Crippen molar-refractivity contribution >= 4 is 41.5 Å². The van der Waals surface area contributed by atoms with Crippen LogP contribution >= 0.6 is 0 Å². The Bertz CT molecular complexity index is 880. The lowest BCUT2D eigenvalue weighted by atomic mass is 10.0. The van der Waals surface area contributed by atoms with Crippen LogP contribution in [0, 0.1) is 0 Å². The zero-order valence-electron chi connectivity index (χ0n) is 21.8. The number of hydrogen-bond donors (Lipinski definition) is 10. The van der Waals surface area contributed by atoms with Crippen molar-refractivity contribution < 1.29 is 39.0 Å². The van der Waals surface area contributed by atoms with Gasteiger partial charge in [0.1, 0.15) is 18.1 Å². The fraction of sp³-hybridized carbons (Fsp3) is 0.682. The van der Waals surface area contributed by atoms with Crippen LogP contribution in [0.1, 0.15) is 57.8 Å². The summed E-state index contributed by atoms with van der Waals surface area (Å²) in [4.78, 5) is 75.9. The van der Waals surface area contributed by atoms with Crippen molar-refractivity contribution in [1.29, 1.82) is 0 Å². The molecule has 4 amide bonds. The lowest BCUT2D eigenvalue weighted by Gasteiger charge is -2.25. The fourth-order valence-electron chi connectivity index (χ4n) is 3.32. The second-order valence-electron chi connectivity index (χ2n) is 8.80. The van der Waals surface area contributed by atoms with Gasteiger partial charge in [-0.25, -0.2) is 4.79 Å². The molecule has 0 radical (unpaired) electrons. The summed E-state index contributed by atoms with van der Waals surface area (Å²) in [6, 6.07) is -5.07. The Balaban J connectivity index is 5.54. The Labute approximate surface area is 225 Å².